The van der Waals surface area contributed by atoms with Crippen molar-refractivity contribution in [1.29, 1.82) is 0 Å². The third-order valence-corrected chi connectivity index (χ3v) is 2.54. The fraction of sp³-hybridized carbons (Fsp3) is 0.500. The van der Waals surface area contributed by atoms with Crippen LogP contribution >= 0.6 is 0 Å². The number of hydrogen-bond acceptors (Lipinski definition) is 6. The van der Waals surface area contributed by atoms with Gasteiger partial charge in [-0.05, 0) is 12.1 Å². The van der Waals surface area contributed by atoms with Crippen LogP contribution in [0.15, 0.2) is 29.4 Å². The minimum absolute atomic E-state index is 0.0462. The Labute approximate surface area is 124 Å². The molecule has 0 heterocycles. The van der Waals surface area contributed by atoms with E-state index in [2.05, 4.69) is 5.16 Å². The van der Waals surface area contributed by atoms with Crippen LogP contribution in [-0.2, 0) is 14.2 Å². The minimum atomic E-state index is 0.0462. The highest BCUT2D eigenvalue weighted by Gasteiger charge is 2.01. The minimum Gasteiger partial charge on any atom is -0.491 e. The summed E-state index contributed by atoms with van der Waals surface area (Å²) in [5.74, 6) is 0.684. The number of nitrogens with two attached hydrogens (primary N) is 1. The molecule has 0 aliphatic rings. The van der Waals surface area contributed by atoms with E-state index in [-0.39, 0.29) is 5.84 Å². The zero-order chi connectivity index (χ0) is 15.3. The average Bonchev–Trinajstić information content (AvgIpc) is 2.53. The van der Waals surface area contributed by atoms with E-state index in [1.165, 1.54) is 0 Å². The summed E-state index contributed by atoms with van der Waals surface area (Å²) in [4.78, 5) is 0. The average molecular weight is 298 g/mol. The van der Waals surface area contributed by atoms with E-state index in [0.717, 1.165) is 0 Å². The first-order valence-electron chi connectivity index (χ1n) is 6.63. The molecule has 0 radical (unpaired) electrons. The zero-order valence-electron chi connectivity index (χ0n) is 12.2. The molecule has 0 saturated carbocycles. The van der Waals surface area contributed by atoms with Crippen molar-refractivity contribution in [2.45, 2.75) is 0 Å². The van der Waals surface area contributed by atoms with Crippen LogP contribution < -0.4 is 10.5 Å². The predicted octanol–water partition coefficient (Wildman–Crippen LogP) is 0.840. The third kappa shape index (κ3) is 7.50. The van der Waals surface area contributed by atoms with Crippen molar-refractivity contribution in [1.82, 2.24) is 0 Å². The molecule has 1 rings (SSSR count). The maximum Gasteiger partial charge on any atom is 0.170 e. The molecule has 0 atom stereocenters. The zero-order valence-corrected chi connectivity index (χ0v) is 12.2. The molecule has 0 bridgehead atoms. The summed E-state index contributed by atoms with van der Waals surface area (Å²) in [5, 5.41) is 11.6. The molecule has 21 heavy (non-hydrogen) atoms. The van der Waals surface area contributed by atoms with Crippen molar-refractivity contribution in [3.8, 4) is 5.75 Å². The Balaban J connectivity index is 2.13. The van der Waals surface area contributed by atoms with E-state index < -0.39 is 0 Å². The molecule has 0 amide bonds. The van der Waals surface area contributed by atoms with Crippen LogP contribution in [0.5, 0.6) is 5.75 Å². The maximum atomic E-state index is 8.61. The lowest BCUT2D eigenvalue weighted by Crippen LogP contribution is -2.14. The summed E-state index contributed by atoms with van der Waals surface area (Å²) in [6.07, 6.45) is 0. The highest BCUT2D eigenvalue weighted by Crippen LogP contribution is 2.12. The Hall–Kier alpha value is -1.83. The van der Waals surface area contributed by atoms with Crippen molar-refractivity contribution in [3.63, 3.8) is 0 Å². The van der Waals surface area contributed by atoms with E-state index >= 15 is 0 Å². The van der Waals surface area contributed by atoms with Gasteiger partial charge in [0.05, 0.1) is 33.0 Å². The second kappa shape index (κ2) is 10.9. The largest absolute Gasteiger partial charge is 0.491 e. The van der Waals surface area contributed by atoms with Gasteiger partial charge in [0.1, 0.15) is 12.4 Å². The van der Waals surface area contributed by atoms with Crippen LogP contribution in [0, 0.1) is 0 Å². The van der Waals surface area contributed by atoms with E-state index in [0.29, 0.717) is 51.0 Å². The van der Waals surface area contributed by atoms with Gasteiger partial charge in [-0.3, -0.25) is 0 Å². The number of oxime groups is 1. The number of nitrogens with zero attached hydrogens (tertiary/aromatic N) is 1. The molecule has 0 fully saturated rings. The summed E-state index contributed by atoms with van der Waals surface area (Å²) in [5.41, 5.74) is 6.10. The fourth-order valence-electron chi connectivity index (χ4n) is 1.49. The van der Waals surface area contributed by atoms with Crippen molar-refractivity contribution in [3.05, 3.63) is 29.8 Å². The van der Waals surface area contributed by atoms with Gasteiger partial charge in [0.2, 0.25) is 0 Å². The molecular formula is C14H22N2O5. The van der Waals surface area contributed by atoms with Gasteiger partial charge in [-0.15, -0.1) is 0 Å². The summed E-state index contributed by atoms with van der Waals surface area (Å²) in [6.45, 7) is 3.06. The first-order chi connectivity index (χ1) is 10.3. The topological polar surface area (TPSA) is 95.5 Å². The molecule has 118 valence electrons. The Kier molecular flexibility index (Phi) is 8.94. The number of ether oxygens (including phenoxy) is 4. The van der Waals surface area contributed by atoms with Gasteiger partial charge in [-0.2, -0.15) is 0 Å². The molecule has 0 unspecified atom stereocenters. The molecule has 0 aromatic heterocycles. The Morgan fingerprint density at radius 1 is 1.10 bits per heavy atom. The van der Waals surface area contributed by atoms with Crippen LogP contribution in [0.4, 0.5) is 0 Å². The molecule has 1 aromatic rings. The van der Waals surface area contributed by atoms with E-state index in [1.807, 2.05) is 0 Å². The van der Waals surface area contributed by atoms with Crippen molar-refractivity contribution in [2.75, 3.05) is 46.8 Å². The van der Waals surface area contributed by atoms with Crippen molar-refractivity contribution < 1.29 is 24.2 Å². The summed E-state index contributed by atoms with van der Waals surface area (Å²) in [6, 6.07) is 6.99. The normalized spacial score (nSPS) is 11.6. The first kappa shape index (κ1) is 17.2. The summed E-state index contributed by atoms with van der Waals surface area (Å²) < 4.78 is 21.0. The number of benzene rings is 1. The molecule has 0 saturated heterocycles. The molecule has 0 spiro atoms. The predicted molar refractivity (Wildman–Crippen MR) is 78.0 cm³/mol. The number of methoxy groups -OCH3 is 1. The highest BCUT2D eigenvalue weighted by atomic mass is 16.6. The van der Waals surface area contributed by atoms with Gasteiger partial charge in [0, 0.05) is 12.7 Å². The van der Waals surface area contributed by atoms with Gasteiger partial charge >= 0.3 is 0 Å². The third-order valence-electron chi connectivity index (χ3n) is 2.54. The molecule has 7 nitrogen and oxygen atoms in total. The SMILES string of the molecule is COCCOCCOCCOc1cccc(/C(N)=N/O)c1. The second-order valence-corrected chi connectivity index (χ2v) is 4.08. The number of rotatable bonds is 11. The van der Waals surface area contributed by atoms with Crippen LogP contribution in [0.2, 0.25) is 0 Å². The second-order valence-electron chi connectivity index (χ2n) is 4.08. The molecule has 1 aromatic carbocycles. The molecule has 3 N–H and O–H groups in total. The lowest BCUT2D eigenvalue weighted by Gasteiger charge is -2.08. The Morgan fingerprint density at radius 3 is 2.43 bits per heavy atom. The van der Waals surface area contributed by atoms with Gasteiger partial charge in [-0.25, -0.2) is 0 Å². The first-order valence-corrected chi connectivity index (χ1v) is 6.63. The Morgan fingerprint density at radius 2 is 1.76 bits per heavy atom. The van der Waals surface area contributed by atoms with Gasteiger partial charge in [0.25, 0.3) is 0 Å². The highest BCUT2D eigenvalue weighted by molar-refractivity contribution is 5.97. The molecule has 0 aliphatic carbocycles. The lowest BCUT2D eigenvalue weighted by atomic mass is 10.2. The van der Waals surface area contributed by atoms with Crippen molar-refractivity contribution >= 4 is 5.84 Å². The molecule has 0 aliphatic heterocycles. The standard InChI is InChI=1S/C14H22N2O5/c1-18-5-6-19-7-8-20-9-10-21-13-4-2-3-12(11-13)14(15)16-17/h2-4,11,17H,5-10H2,1H3,(H2,15,16). The smallest absolute Gasteiger partial charge is 0.170 e. The van der Waals surface area contributed by atoms with E-state index in [9.17, 15) is 0 Å². The van der Waals surface area contributed by atoms with Crippen LogP contribution in [0.25, 0.3) is 0 Å². The van der Waals surface area contributed by atoms with Crippen LogP contribution in [-0.4, -0.2) is 57.8 Å². The van der Waals surface area contributed by atoms with Crippen LogP contribution in [0.1, 0.15) is 5.56 Å². The summed E-state index contributed by atoms with van der Waals surface area (Å²) in [7, 11) is 1.63. The quantitative estimate of drug-likeness (QED) is 0.207. The molecular weight excluding hydrogens is 276 g/mol. The Bertz CT molecular complexity index is 426. The van der Waals surface area contributed by atoms with Crippen molar-refractivity contribution in [2.24, 2.45) is 10.9 Å². The number of hydrogen-bond donors (Lipinski definition) is 2. The van der Waals surface area contributed by atoms with Gasteiger partial charge in [-0.1, -0.05) is 17.3 Å². The summed E-state index contributed by atoms with van der Waals surface area (Å²) >= 11 is 0. The molecule has 7 heteroatoms. The van der Waals surface area contributed by atoms with Gasteiger partial charge < -0.3 is 29.9 Å². The van der Waals surface area contributed by atoms with Gasteiger partial charge in [0.15, 0.2) is 5.84 Å². The number of amidine groups is 1. The monoisotopic (exact) mass is 298 g/mol. The fourth-order valence-corrected chi connectivity index (χ4v) is 1.49. The maximum absolute atomic E-state index is 8.61. The lowest BCUT2D eigenvalue weighted by molar-refractivity contribution is 0.0180. The van der Waals surface area contributed by atoms with Crippen LogP contribution in [0.3, 0.4) is 0 Å². The van der Waals surface area contributed by atoms with E-state index in [1.54, 1.807) is 31.4 Å². The van der Waals surface area contributed by atoms with E-state index in [4.69, 9.17) is 29.9 Å².